The number of nitrogens with zero attached hydrogens (tertiary/aromatic N) is 1. The molecule has 0 N–H and O–H groups in total. The van der Waals surface area contributed by atoms with Gasteiger partial charge in [-0.1, -0.05) is 0 Å². The van der Waals surface area contributed by atoms with Crippen LogP contribution in [0.25, 0.3) is 11.1 Å². The fraction of sp³-hybridized carbons (Fsp3) is 0.222. The molecule has 0 bridgehead atoms. The third-order valence-corrected chi connectivity index (χ3v) is 2.00. The van der Waals surface area contributed by atoms with Gasteiger partial charge in [0, 0.05) is 13.1 Å². The topological polar surface area (TPSA) is 44.4 Å². The maximum absolute atomic E-state index is 11.1. The molecule has 4 heteroatoms. The number of oxazole rings is 1. The van der Waals surface area contributed by atoms with Gasteiger partial charge in [0.05, 0.1) is 12.6 Å². The number of rotatable bonds is 1. The second-order valence-corrected chi connectivity index (χ2v) is 2.76. The Hall–Kier alpha value is -1.71. The Kier molecular flexibility index (Phi) is 1.62. The van der Waals surface area contributed by atoms with E-state index in [0.29, 0.717) is 11.3 Å². The molecule has 2 aromatic rings. The lowest BCUT2D eigenvalue weighted by Crippen LogP contribution is -2.08. The van der Waals surface area contributed by atoms with Crippen LogP contribution in [0.2, 0.25) is 0 Å². The Morgan fingerprint density at radius 2 is 2.23 bits per heavy atom. The summed E-state index contributed by atoms with van der Waals surface area (Å²) < 4.78 is 11.4. The van der Waals surface area contributed by atoms with Crippen molar-refractivity contribution in [3.05, 3.63) is 28.7 Å². The zero-order valence-electron chi connectivity index (χ0n) is 7.40. The van der Waals surface area contributed by atoms with Crippen LogP contribution in [-0.4, -0.2) is 11.7 Å². The van der Waals surface area contributed by atoms with Gasteiger partial charge in [0.2, 0.25) is 0 Å². The summed E-state index contributed by atoms with van der Waals surface area (Å²) in [6.07, 6.45) is 0. The largest absolute Gasteiger partial charge is 0.497 e. The van der Waals surface area contributed by atoms with Crippen molar-refractivity contribution in [2.75, 3.05) is 7.11 Å². The van der Waals surface area contributed by atoms with Crippen LogP contribution in [0.15, 0.2) is 27.4 Å². The Labute approximate surface area is 74.3 Å². The van der Waals surface area contributed by atoms with Crippen molar-refractivity contribution in [1.29, 1.82) is 0 Å². The number of hydrogen-bond donors (Lipinski definition) is 0. The second-order valence-electron chi connectivity index (χ2n) is 2.76. The molecule has 0 aliphatic heterocycles. The van der Waals surface area contributed by atoms with Crippen LogP contribution in [0.3, 0.4) is 0 Å². The summed E-state index contributed by atoms with van der Waals surface area (Å²) in [6, 6.07) is 5.24. The van der Waals surface area contributed by atoms with Gasteiger partial charge in [-0.05, 0) is 12.1 Å². The Morgan fingerprint density at radius 1 is 1.46 bits per heavy atom. The number of methoxy groups -OCH3 is 1. The first-order valence-corrected chi connectivity index (χ1v) is 3.86. The second kappa shape index (κ2) is 2.65. The first-order chi connectivity index (χ1) is 6.22. The lowest BCUT2D eigenvalue weighted by Gasteiger charge is -1.97. The van der Waals surface area contributed by atoms with Crippen molar-refractivity contribution >= 4 is 11.1 Å². The van der Waals surface area contributed by atoms with Crippen LogP contribution < -0.4 is 10.5 Å². The predicted octanol–water partition coefficient (Wildman–Crippen LogP) is 1.14. The normalized spacial score (nSPS) is 10.6. The van der Waals surface area contributed by atoms with Crippen LogP contribution in [0, 0.1) is 0 Å². The van der Waals surface area contributed by atoms with E-state index in [1.54, 1.807) is 32.4 Å². The highest BCUT2D eigenvalue weighted by molar-refractivity contribution is 5.74. The predicted molar refractivity (Wildman–Crippen MR) is 48.0 cm³/mol. The molecule has 0 atom stereocenters. The molecule has 0 saturated carbocycles. The standard InChI is InChI=1S/C9H9NO3/c1-10-7-5-6(12-2)3-4-8(7)13-9(10)11/h3-5H,1-2H3. The number of aromatic nitrogens is 1. The minimum atomic E-state index is -0.358. The van der Waals surface area contributed by atoms with Crippen LogP contribution in [0.1, 0.15) is 0 Å². The molecule has 0 saturated heterocycles. The van der Waals surface area contributed by atoms with E-state index in [1.165, 1.54) is 4.57 Å². The molecule has 13 heavy (non-hydrogen) atoms. The molecule has 0 aliphatic rings. The zero-order chi connectivity index (χ0) is 9.42. The highest BCUT2D eigenvalue weighted by Crippen LogP contribution is 2.18. The number of hydrogen-bond acceptors (Lipinski definition) is 3. The monoisotopic (exact) mass is 179 g/mol. The molecule has 1 aromatic carbocycles. The highest BCUT2D eigenvalue weighted by atomic mass is 16.5. The highest BCUT2D eigenvalue weighted by Gasteiger charge is 2.05. The third-order valence-electron chi connectivity index (χ3n) is 2.00. The van der Waals surface area contributed by atoms with E-state index in [9.17, 15) is 4.79 Å². The van der Waals surface area contributed by atoms with Gasteiger partial charge in [0.25, 0.3) is 0 Å². The van der Waals surface area contributed by atoms with Gasteiger partial charge in [-0.2, -0.15) is 0 Å². The average Bonchev–Trinajstić information content (AvgIpc) is 2.43. The van der Waals surface area contributed by atoms with Gasteiger partial charge in [0.15, 0.2) is 5.58 Å². The van der Waals surface area contributed by atoms with Crippen LogP contribution in [-0.2, 0) is 7.05 Å². The van der Waals surface area contributed by atoms with E-state index in [2.05, 4.69) is 0 Å². The van der Waals surface area contributed by atoms with E-state index in [1.807, 2.05) is 0 Å². The van der Waals surface area contributed by atoms with Crippen LogP contribution in [0.5, 0.6) is 5.75 Å². The van der Waals surface area contributed by atoms with Crippen molar-refractivity contribution in [3.63, 3.8) is 0 Å². The third kappa shape index (κ3) is 1.11. The molecule has 1 aromatic heterocycles. The van der Waals surface area contributed by atoms with Crippen LogP contribution >= 0.6 is 0 Å². The smallest absolute Gasteiger partial charge is 0.419 e. The fourth-order valence-corrected chi connectivity index (χ4v) is 1.23. The lowest BCUT2D eigenvalue weighted by molar-refractivity contribution is 0.415. The zero-order valence-corrected chi connectivity index (χ0v) is 7.40. The molecular weight excluding hydrogens is 170 g/mol. The molecule has 1 heterocycles. The van der Waals surface area contributed by atoms with Crippen molar-refractivity contribution in [3.8, 4) is 5.75 Å². The van der Waals surface area contributed by atoms with Crippen molar-refractivity contribution in [1.82, 2.24) is 4.57 Å². The van der Waals surface area contributed by atoms with Gasteiger partial charge in [-0.25, -0.2) is 4.79 Å². The van der Waals surface area contributed by atoms with Crippen molar-refractivity contribution < 1.29 is 9.15 Å². The molecule has 0 amide bonds. The van der Waals surface area contributed by atoms with E-state index < -0.39 is 0 Å². The van der Waals surface area contributed by atoms with Gasteiger partial charge < -0.3 is 9.15 Å². The maximum atomic E-state index is 11.1. The lowest BCUT2D eigenvalue weighted by atomic mass is 10.3. The molecule has 0 unspecified atom stereocenters. The van der Waals surface area contributed by atoms with E-state index in [-0.39, 0.29) is 5.76 Å². The summed E-state index contributed by atoms with van der Waals surface area (Å²) >= 11 is 0. The number of benzene rings is 1. The van der Waals surface area contributed by atoms with Gasteiger partial charge in [-0.3, -0.25) is 4.57 Å². The van der Waals surface area contributed by atoms with Crippen LogP contribution in [0.4, 0.5) is 0 Å². The van der Waals surface area contributed by atoms with Gasteiger partial charge in [-0.15, -0.1) is 0 Å². The van der Waals surface area contributed by atoms with E-state index in [4.69, 9.17) is 9.15 Å². The Balaban J connectivity index is 2.82. The van der Waals surface area contributed by atoms with Crippen molar-refractivity contribution in [2.45, 2.75) is 0 Å². The molecule has 68 valence electrons. The number of fused-ring (bicyclic) bond motifs is 1. The summed E-state index contributed by atoms with van der Waals surface area (Å²) in [6.45, 7) is 0. The summed E-state index contributed by atoms with van der Waals surface area (Å²) in [4.78, 5) is 11.1. The summed E-state index contributed by atoms with van der Waals surface area (Å²) in [5.74, 6) is 0.354. The molecular formula is C9H9NO3. The Morgan fingerprint density at radius 3 is 2.92 bits per heavy atom. The molecule has 2 rings (SSSR count). The van der Waals surface area contributed by atoms with Gasteiger partial charge in [0.1, 0.15) is 5.75 Å². The Bertz CT molecular complexity index is 495. The molecule has 0 radical (unpaired) electrons. The molecule has 0 spiro atoms. The average molecular weight is 179 g/mol. The fourth-order valence-electron chi connectivity index (χ4n) is 1.23. The number of ether oxygens (including phenoxy) is 1. The molecule has 0 aliphatic carbocycles. The molecule has 0 fully saturated rings. The van der Waals surface area contributed by atoms with Crippen molar-refractivity contribution in [2.24, 2.45) is 7.05 Å². The summed E-state index contributed by atoms with van der Waals surface area (Å²) in [7, 11) is 3.24. The SMILES string of the molecule is COc1ccc2oc(=O)n(C)c2c1. The van der Waals surface area contributed by atoms with E-state index >= 15 is 0 Å². The molecule has 4 nitrogen and oxygen atoms in total. The maximum Gasteiger partial charge on any atom is 0.419 e. The first-order valence-electron chi connectivity index (χ1n) is 3.86. The minimum Gasteiger partial charge on any atom is -0.497 e. The summed E-state index contributed by atoms with van der Waals surface area (Å²) in [5, 5.41) is 0. The summed E-state index contributed by atoms with van der Waals surface area (Å²) in [5.41, 5.74) is 1.32. The first kappa shape index (κ1) is 7.91. The number of aryl methyl sites for hydroxylation is 1. The quantitative estimate of drug-likeness (QED) is 0.659. The minimum absolute atomic E-state index is 0.358. The van der Waals surface area contributed by atoms with Gasteiger partial charge >= 0.3 is 5.76 Å². The van der Waals surface area contributed by atoms with E-state index in [0.717, 1.165) is 5.52 Å².